The molecule has 2 aromatic carbocycles. The van der Waals surface area contributed by atoms with Crippen molar-refractivity contribution in [1.29, 1.82) is 5.26 Å². The molecule has 0 saturated heterocycles. The van der Waals surface area contributed by atoms with Crippen LogP contribution < -0.4 is 5.73 Å². The molecule has 0 unspecified atom stereocenters. The van der Waals surface area contributed by atoms with Gasteiger partial charge in [0.15, 0.2) is 0 Å². The Balaban J connectivity index is 2.32. The average Bonchev–Trinajstić information content (AvgIpc) is 2.55. The van der Waals surface area contributed by atoms with Gasteiger partial charge in [-0.2, -0.15) is 5.26 Å². The molecule has 22 heavy (non-hydrogen) atoms. The number of hydrogen-bond donors (Lipinski definition) is 1. The van der Waals surface area contributed by atoms with Gasteiger partial charge >= 0.3 is 0 Å². The van der Waals surface area contributed by atoms with Gasteiger partial charge in [-0.05, 0) is 6.07 Å². The van der Waals surface area contributed by atoms with Crippen LogP contribution in [0.1, 0.15) is 5.56 Å². The van der Waals surface area contributed by atoms with Crippen molar-refractivity contribution < 1.29 is 0 Å². The van der Waals surface area contributed by atoms with Gasteiger partial charge in [-0.1, -0.05) is 60.1 Å². The van der Waals surface area contributed by atoms with Crippen molar-refractivity contribution in [3.05, 3.63) is 65.2 Å². The number of hydrogen-bond acceptors (Lipinski definition) is 4. The maximum absolute atomic E-state index is 9.59. The SMILES string of the molecule is N#Cc1c(-c2ccccc2)nc(N)nc1-c1ccccc1Cl. The van der Waals surface area contributed by atoms with Gasteiger partial charge in [-0.25, -0.2) is 9.97 Å². The van der Waals surface area contributed by atoms with Crippen LogP contribution in [-0.2, 0) is 0 Å². The molecule has 1 heterocycles. The lowest BCUT2D eigenvalue weighted by atomic mass is 10.0. The maximum Gasteiger partial charge on any atom is 0.221 e. The van der Waals surface area contributed by atoms with Crippen LogP contribution in [0.3, 0.4) is 0 Å². The number of nitrogen functional groups attached to an aromatic ring is 1. The first kappa shape index (κ1) is 14.1. The van der Waals surface area contributed by atoms with Gasteiger partial charge in [0.1, 0.15) is 11.6 Å². The van der Waals surface area contributed by atoms with Crippen LogP contribution >= 0.6 is 11.6 Å². The summed E-state index contributed by atoms with van der Waals surface area (Å²) in [5, 5.41) is 10.1. The molecule has 3 rings (SSSR count). The molecule has 1 aromatic heterocycles. The molecule has 0 aliphatic rings. The minimum atomic E-state index is 0.104. The molecule has 106 valence electrons. The second-order valence-corrected chi connectivity index (χ2v) is 5.02. The third kappa shape index (κ3) is 2.50. The Hall–Kier alpha value is -2.90. The number of aromatic nitrogens is 2. The molecule has 0 saturated carbocycles. The molecule has 5 heteroatoms. The summed E-state index contributed by atoms with van der Waals surface area (Å²) < 4.78 is 0. The van der Waals surface area contributed by atoms with Crippen molar-refractivity contribution in [2.75, 3.05) is 5.73 Å². The van der Waals surface area contributed by atoms with Gasteiger partial charge in [-0.3, -0.25) is 0 Å². The standard InChI is InChI=1S/C17H11ClN4/c18-14-9-5-4-8-12(14)16-13(10-19)15(21-17(20)22-16)11-6-2-1-3-7-11/h1-9H,(H2,20,21,22). The summed E-state index contributed by atoms with van der Waals surface area (Å²) in [6.45, 7) is 0. The third-order valence-electron chi connectivity index (χ3n) is 3.21. The highest BCUT2D eigenvalue weighted by atomic mass is 35.5. The predicted molar refractivity (Wildman–Crippen MR) is 87.0 cm³/mol. The normalized spacial score (nSPS) is 10.2. The second-order valence-electron chi connectivity index (χ2n) is 4.61. The number of anilines is 1. The van der Waals surface area contributed by atoms with E-state index < -0.39 is 0 Å². The molecule has 0 radical (unpaired) electrons. The Labute approximate surface area is 132 Å². The fraction of sp³-hybridized carbons (Fsp3) is 0. The first-order chi connectivity index (χ1) is 10.7. The highest BCUT2D eigenvalue weighted by molar-refractivity contribution is 6.33. The molecule has 2 N–H and O–H groups in total. The quantitative estimate of drug-likeness (QED) is 0.778. The van der Waals surface area contributed by atoms with Crippen LogP contribution in [0.25, 0.3) is 22.5 Å². The number of rotatable bonds is 2. The lowest BCUT2D eigenvalue weighted by Crippen LogP contribution is -2.03. The van der Waals surface area contributed by atoms with E-state index in [-0.39, 0.29) is 5.95 Å². The summed E-state index contributed by atoms with van der Waals surface area (Å²) in [6, 6.07) is 18.8. The fourth-order valence-corrected chi connectivity index (χ4v) is 2.46. The van der Waals surface area contributed by atoms with E-state index in [4.69, 9.17) is 17.3 Å². The van der Waals surface area contributed by atoms with E-state index in [0.29, 0.717) is 27.5 Å². The van der Waals surface area contributed by atoms with E-state index in [0.717, 1.165) is 5.56 Å². The lowest BCUT2D eigenvalue weighted by Gasteiger charge is -2.10. The molecule has 0 aliphatic heterocycles. The van der Waals surface area contributed by atoms with Crippen LogP contribution in [0.2, 0.25) is 5.02 Å². The summed E-state index contributed by atoms with van der Waals surface area (Å²) in [5.41, 5.74) is 8.60. The van der Waals surface area contributed by atoms with Crippen LogP contribution in [-0.4, -0.2) is 9.97 Å². The highest BCUT2D eigenvalue weighted by Crippen LogP contribution is 2.33. The van der Waals surface area contributed by atoms with E-state index in [1.807, 2.05) is 42.5 Å². The largest absolute Gasteiger partial charge is 0.368 e. The number of nitrogens with zero attached hydrogens (tertiary/aromatic N) is 3. The van der Waals surface area contributed by atoms with Gasteiger partial charge in [0.2, 0.25) is 5.95 Å². The maximum atomic E-state index is 9.59. The van der Waals surface area contributed by atoms with Crippen LogP contribution in [0.5, 0.6) is 0 Å². The molecule has 0 amide bonds. The Morgan fingerprint density at radius 2 is 1.55 bits per heavy atom. The Bertz CT molecular complexity index is 870. The molecule has 0 atom stereocenters. The van der Waals surface area contributed by atoms with Gasteiger partial charge < -0.3 is 5.73 Å². The summed E-state index contributed by atoms with van der Waals surface area (Å²) in [6.07, 6.45) is 0. The van der Waals surface area contributed by atoms with Crippen molar-refractivity contribution >= 4 is 17.5 Å². The summed E-state index contributed by atoms with van der Waals surface area (Å²) >= 11 is 6.23. The zero-order valence-corrected chi connectivity index (χ0v) is 12.2. The van der Waals surface area contributed by atoms with Crippen molar-refractivity contribution in [2.24, 2.45) is 0 Å². The smallest absolute Gasteiger partial charge is 0.221 e. The Morgan fingerprint density at radius 3 is 2.23 bits per heavy atom. The van der Waals surface area contributed by atoms with Crippen molar-refractivity contribution in [3.8, 4) is 28.6 Å². The predicted octanol–water partition coefficient (Wildman–Crippen LogP) is 3.92. The average molecular weight is 307 g/mol. The van der Waals surface area contributed by atoms with E-state index in [2.05, 4.69) is 16.0 Å². The first-order valence-corrected chi connectivity index (χ1v) is 6.96. The zero-order chi connectivity index (χ0) is 15.5. The van der Waals surface area contributed by atoms with Crippen molar-refractivity contribution in [3.63, 3.8) is 0 Å². The second kappa shape index (κ2) is 5.84. The summed E-state index contributed by atoms with van der Waals surface area (Å²) in [4.78, 5) is 8.45. The monoisotopic (exact) mass is 306 g/mol. The van der Waals surface area contributed by atoms with E-state index in [9.17, 15) is 5.26 Å². The van der Waals surface area contributed by atoms with E-state index in [1.165, 1.54) is 0 Å². The van der Waals surface area contributed by atoms with Crippen molar-refractivity contribution in [1.82, 2.24) is 9.97 Å². The van der Waals surface area contributed by atoms with Gasteiger partial charge in [0.25, 0.3) is 0 Å². The molecule has 0 fully saturated rings. The molecular weight excluding hydrogens is 296 g/mol. The molecule has 3 aromatic rings. The van der Waals surface area contributed by atoms with Gasteiger partial charge in [-0.15, -0.1) is 0 Å². The molecular formula is C17H11ClN4. The highest BCUT2D eigenvalue weighted by Gasteiger charge is 2.17. The molecule has 0 spiro atoms. The summed E-state index contributed by atoms with van der Waals surface area (Å²) in [7, 11) is 0. The number of nitrogens with two attached hydrogens (primary N) is 1. The fourth-order valence-electron chi connectivity index (χ4n) is 2.24. The van der Waals surface area contributed by atoms with Gasteiger partial charge in [0.05, 0.1) is 16.4 Å². The van der Waals surface area contributed by atoms with E-state index in [1.54, 1.807) is 12.1 Å². The van der Waals surface area contributed by atoms with E-state index >= 15 is 0 Å². The Kier molecular flexibility index (Phi) is 3.73. The van der Waals surface area contributed by atoms with Gasteiger partial charge in [0, 0.05) is 11.1 Å². The van der Waals surface area contributed by atoms with Crippen LogP contribution in [0.15, 0.2) is 54.6 Å². The minimum absolute atomic E-state index is 0.104. The molecule has 4 nitrogen and oxygen atoms in total. The third-order valence-corrected chi connectivity index (χ3v) is 3.54. The number of benzene rings is 2. The van der Waals surface area contributed by atoms with Crippen LogP contribution in [0.4, 0.5) is 5.95 Å². The number of nitriles is 1. The van der Waals surface area contributed by atoms with Crippen LogP contribution in [0, 0.1) is 11.3 Å². The lowest BCUT2D eigenvalue weighted by molar-refractivity contribution is 1.18. The molecule has 0 bridgehead atoms. The first-order valence-electron chi connectivity index (χ1n) is 6.58. The van der Waals surface area contributed by atoms with Crippen molar-refractivity contribution in [2.45, 2.75) is 0 Å². The number of halogens is 1. The Morgan fingerprint density at radius 1 is 0.909 bits per heavy atom. The summed E-state index contributed by atoms with van der Waals surface area (Å²) in [5.74, 6) is 0.104. The molecule has 0 aliphatic carbocycles. The minimum Gasteiger partial charge on any atom is -0.368 e. The topological polar surface area (TPSA) is 75.6 Å². The zero-order valence-electron chi connectivity index (χ0n) is 11.5.